The lowest BCUT2D eigenvalue weighted by atomic mass is 9.88. The molecule has 4 amide bonds. The number of hydrazine groups is 1. The number of nitrogens with zero attached hydrogens (tertiary/aromatic N) is 4. The van der Waals surface area contributed by atoms with E-state index in [-0.39, 0.29) is 55.1 Å². The molecule has 5 rings (SSSR count). The van der Waals surface area contributed by atoms with Crippen molar-refractivity contribution in [3.05, 3.63) is 107 Å². The predicted molar refractivity (Wildman–Crippen MR) is 174 cm³/mol. The molecule has 3 aromatic carbocycles. The molecule has 2 aliphatic heterocycles. The SMILES string of the molecule is CC(C)[C@H]1C(=O)N(CCC(c2ccccc2)c2ccccc2)C[C@H]2N1C(=O)CN(C)N2C(=O)NCc1ccc(F)cc1.CCC. The van der Waals surface area contributed by atoms with Crippen LogP contribution in [-0.2, 0) is 16.1 Å². The van der Waals surface area contributed by atoms with E-state index in [9.17, 15) is 18.8 Å². The van der Waals surface area contributed by atoms with Crippen LogP contribution in [0.5, 0.6) is 0 Å². The zero-order chi connectivity index (χ0) is 32.5. The lowest BCUT2D eigenvalue weighted by Gasteiger charge is -2.55. The second kappa shape index (κ2) is 15.7. The fourth-order valence-corrected chi connectivity index (χ4v) is 6.10. The van der Waals surface area contributed by atoms with Crippen LogP contribution in [0, 0.1) is 11.7 Å². The van der Waals surface area contributed by atoms with Crippen LogP contribution in [0.2, 0.25) is 0 Å². The Morgan fingerprint density at radius 3 is 2.00 bits per heavy atom. The molecule has 8 nitrogen and oxygen atoms in total. The molecule has 0 aliphatic carbocycles. The van der Waals surface area contributed by atoms with Crippen LogP contribution in [0.25, 0.3) is 0 Å². The van der Waals surface area contributed by atoms with E-state index in [0.717, 1.165) is 5.56 Å². The number of piperazine rings is 1. The minimum atomic E-state index is -0.677. The number of hydrogen-bond acceptors (Lipinski definition) is 4. The Morgan fingerprint density at radius 2 is 1.47 bits per heavy atom. The fourth-order valence-electron chi connectivity index (χ4n) is 6.10. The molecular formula is C36H46FN5O3. The van der Waals surface area contributed by atoms with E-state index in [1.165, 1.54) is 29.7 Å². The molecule has 1 N–H and O–H groups in total. The Balaban J connectivity index is 0.00000148. The third kappa shape index (κ3) is 8.08. The number of fused-ring (bicyclic) bond motifs is 1. The highest BCUT2D eigenvalue weighted by atomic mass is 19.1. The first-order valence-corrected chi connectivity index (χ1v) is 15.9. The molecule has 0 bridgehead atoms. The maximum atomic E-state index is 13.9. The molecule has 0 unspecified atom stereocenters. The van der Waals surface area contributed by atoms with Crippen LogP contribution in [0.15, 0.2) is 84.9 Å². The number of benzene rings is 3. The maximum Gasteiger partial charge on any atom is 0.334 e. The number of urea groups is 1. The van der Waals surface area contributed by atoms with Crippen molar-refractivity contribution in [1.29, 1.82) is 0 Å². The molecule has 0 radical (unpaired) electrons. The Hall–Kier alpha value is -4.24. The second-order valence-electron chi connectivity index (χ2n) is 12.1. The molecule has 2 fully saturated rings. The monoisotopic (exact) mass is 615 g/mol. The van der Waals surface area contributed by atoms with Gasteiger partial charge in [-0.25, -0.2) is 19.2 Å². The molecule has 0 spiro atoms. The number of amides is 4. The van der Waals surface area contributed by atoms with Gasteiger partial charge in [0.15, 0.2) is 0 Å². The van der Waals surface area contributed by atoms with Crippen LogP contribution in [0.4, 0.5) is 9.18 Å². The maximum absolute atomic E-state index is 13.9. The van der Waals surface area contributed by atoms with E-state index < -0.39 is 12.2 Å². The van der Waals surface area contributed by atoms with Crippen molar-refractivity contribution in [3.8, 4) is 0 Å². The van der Waals surface area contributed by atoms with Crippen molar-refractivity contribution in [1.82, 2.24) is 25.1 Å². The molecular weight excluding hydrogens is 569 g/mol. The summed E-state index contributed by atoms with van der Waals surface area (Å²) in [7, 11) is 1.71. The number of halogens is 1. The summed E-state index contributed by atoms with van der Waals surface area (Å²) in [6.45, 7) is 8.99. The Kier molecular flexibility index (Phi) is 11.7. The number of carbonyl (C=O) groups is 3. The van der Waals surface area contributed by atoms with Crippen LogP contribution >= 0.6 is 0 Å². The third-order valence-corrected chi connectivity index (χ3v) is 8.16. The first-order valence-electron chi connectivity index (χ1n) is 15.9. The van der Waals surface area contributed by atoms with Gasteiger partial charge in [0.25, 0.3) is 0 Å². The summed E-state index contributed by atoms with van der Waals surface area (Å²) in [4.78, 5) is 44.2. The highest BCUT2D eigenvalue weighted by molar-refractivity contribution is 5.91. The van der Waals surface area contributed by atoms with Gasteiger partial charge in [-0.1, -0.05) is 107 Å². The third-order valence-electron chi connectivity index (χ3n) is 8.16. The van der Waals surface area contributed by atoms with Gasteiger partial charge < -0.3 is 15.1 Å². The molecule has 0 saturated carbocycles. The quantitative estimate of drug-likeness (QED) is 0.345. The van der Waals surface area contributed by atoms with Gasteiger partial charge in [0, 0.05) is 26.1 Å². The topological polar surface area (TPSA) is 76.2 Å². The largest absolute Gasteiger partial charge is 0.337 e. The molecule has 45 heavy (non-hydrogen) atoms. The lowest BCUT2D eigenvalue weighted by molar-refractivity contribution is -0.189. The van der Waals surface area contributed by atoms with Gasteiger partial charge >= 0.3 is 6.03 Å². The summed E-state index contributed by atoms with van der Waals surface area (Å²) in [6.07, 6.45) is 1.29. The first-order chi connectivity index (χ1) is 21.7. The Labute approximate surface area is 266 Å². The van der Waals surface area contributed by atoms with Gasteiger partial charge in [0.05, 0.1) is 13.1 Å². The van der Waals surface area contributed by atoms with Gasteiger partial charge in [0.2, 0.25) is 11.8 Å². The van der Waals surface area contributed by atoms with Gasteiger partial charge in [-0.05, 0) is 41.2 Å². The average molecular weight is 616 g/mol. The molecule has 2 atom stereocenters. The number of rotatable bonds is 8. The summed E-state index contributed by atoms with van der Waals surface area (Å²) in [5.74, 6) is -0.669. The fraction of sp³-hybridized carbons (Fsp3) is 0.417. The van der Waals surface area contributed by atoms with Crippen molar-refractivity contribution >= 4 is 17.8 Å². The average Bonchev–Trinajstić information content (AvgIpc) is 3.02. The number of likely N-dealkylation sites (N-methyl/N-ethyl adjacent to an activating group) is 1. The van der Waals surface area contributed by atoms with Crippen molar-refractivity contribution in [3.63, 3.8) is 0 Å². The van der Waals surface area contributed by atoms with Crippen molar-refractivity contribution in [2.24, 2.45) is 5.92 Å². The summed E-state index contributed by atoms with van der Waals surface area (Å²) in [5.41, 5.74) is 3.10. The summed E-state index contributed by atoms with van der Waals surface area (Å²) < 4.78 is 13.4. The van der Waals surface area contributed by atoms with Gasteiger partial charge in [0.1, 0.15) is 18.0 Å². The van der Waals surface area contributed by atoms with Gasteiger partial charge in [-0.3, -0.25) is 9.59 Å². The van der Waals surface area contributed by atoms with E-state index >= 15 is 0 Å². The van der Waals surface area contributed by atoms with Gasteiger partial charge in [-0.2, -0.15) is 0 Å². The Morgan fingerprint density at radius 1 is 0.911 bits per heavy atom. The second-order valence-corrected chi connectivity index (χ2v) is 12.1. The molecule has 2 aliphatic rings. The zero-order valence-corrected chi connectivity index (χ0v) is 27.0. The summed E-state index contributed by atoms with van der Waals surface area (Å²) in [5, 5.41) is 6.08. The van der Waals surface area contributed by atoms with E-state index in [2.05, 4.69) is 43.4 Å². The molecule has 9 heteroatoms. The van der Waals surface area contributed by atoms with Crippen LogP contribution in [0.3, 0.4) is 0 Å². The van der Waals surface area contributed by atoms with Crippen molar-refractivity contribution < 1.29 is 18.8 Å². The van der Waals surface area contributed by atoms with E-state index in [4.69, 9.17) is 0 Å². The highest BCUT2D eigenvalue weighted by Crippen LogP contribution is 2.32. The predicted octanol–water partition coefficient (Wildman–Crippen LogP) is 5.86. The van der Waals surface area contributed by atoms with Crippen molar-refractivity contribution in [2.45, 2.75) is 65.2 Å². The highest BCUT2D eigenvalue weighted by Gasteiger charge is 2.51. The molecule has 0 aromatic heterocycles. The minimum Gasteiger partial charge on any atom is -0.337 e. The van der Waals surface area contributed by atoms with Crippen molar-refractivity contribution in [2.75, 3.05) is 26.7 Å². The molecule has 2 heterocycles. The van der Waals surface area contributed by atoms with Crippen LogP contribution < -0.4 is 5.32 Å². The first kappa shape index (κ1) is 33.6. The number of hydrogen-bond donors (Lipinski definition) is 1. The molecule has 3 aromatic rings. The van der Waals surface area contributed by atoms with Gasteiger partial charge in [-0.15, -0.1) is 0 Å². The van der Waals surface area contributed by atoms with E-state index in [1.54, 1.807) is 34.1 Å². The standard InChI is InChI=1S/C33H38FN5O3.C3H8/c1-23(2)31-32(41)37(19-18-28(25-10-6-4-7-11-25)26-12-8-5-9-13-26)21-29-38(31)30(40)22-36(3)39(29)33(42)35-20-24-14-16-27(34)17-15-24;1-3-2/h4-17,23,28-29,31H,18-22H2,1-3H3,(H,35,42);3H2,1-2H3/t29-,31-;/m0./s1. The minimum absolute atomic E-state index is 0.0128. The van der Waals surface area contributed by atoms with Crippen LogP contribution in [-0.4, -0.2) is 76.6 Å². The lowest BCUT2D eigenvalue weighted by Crippen LogP contribution is -2.76. The normalized spacial score (nSPS) is 18.5. The van der Waals surface area contributed by atoms with E-state index in [0.29, 0.717) is 13.0 Å². The smallest absolute Gasteiger partial charge is 0.334 e. The zero-order valence-electron chi connectivity index (χ0n) is 27.0. The number of carbonyl (C=O) groups excluding carboxylic acids is 3. The molecule has 2 saturated heterocycles. The molecule has 240 valence electrons. The Bertz CT molecular complexity index is 1360. The van der Waals surface area contributed by atoms with E-state index in [1.807, 2.05) is 55.1 Å². The summed E-state index contributed by atoms with van der Waals surface area (Å²) >= 11 is 0. The number of nitrogens with one attached hydrogen (secondary N) is 1. The summed E-state index contributed by atoms with van der Waals surface area (Å²) in [6, 6.07) is 25.4. The van der Waals surface area contributed by atoms with Crippen LogP contribution in [0.1, 0.15) is 63.1 Å².